The van der Waals surface area contributed by atoms with Crippen LogP contribution in [0.1, 0.15) is 50.2 Å². The van der Waals surface area contributed by atoms with Gasteiger partial charge in [0, 0.05) is 48.6 Å². The molecule has 4 aromatic rings. The summed E-state index contributed by atoms with van der Waals surface area (Å²) in [5, 5.41) is 11.8. The van der Waals surface area contributed by atoms with E-state index in [2.05, 4.69) is 20.2 Å². The highest BCUT2D eigenvalue weighted by Gasteiger charge is 2.44. The lowest BCUT2D eigenvalue weighted by Crippen LogP contribution is -2.50. The summed E-state index contributed by atoms with van der Waals surface area (Å²) in [4.78, 5) is 26.0. The first kappa shape index (κ1) is 38.7. The van der Waals surface area contributed by atoms with Crippen LogP contribution in [-0.2, 0) is 10.9 Å². The molecule has 0 bridgehead atoms. The summed E-state index contributed by atoms with van der Waals surface area (Å²) in [6.07, 6.45) is 0.192. The van der Waals surface area contributed by atoms with E-state index in [9.17, 15) is 32.0 Å². The highest BCUT2D eigenvalue weighted by Crippen LogP contribution is 2.47. The zero-order valence-electron chi connectivity index (χ0n) is 30.2. The van der Waals surface area contributed by atoms with Gasteiger partial charge in [0.25, 0.3) is 0 Å². The number of aromatic nitrogens is 2. The first-order chi connectivity index (χ1) is 26.3. The van der Waals surface area contributed by atoms with Gasteiger partial charge in [-0.1, -0.05) is 6.07 Å². The standard InChI is InChI=1S/C21H14F5N5OS.C9H14N2O2.C7H12FN/c1-3-29-19-9-6-11(21(24,25)26)14(15(23)16(9)30-20(31-19)32-2)8-4-5-12(22)17-13(8)10(7-27)18(28)33-17;12-9-10-3-1-2-7(10)4-11(9)8-5-13-6-8;8-6-4-7-2-1-3-9(7)5-6/h4-6H,3,28H2,1-2H3,(H,29,30,31);7-8H,1-6H2;6-7H,1-5H2/t;7-;/m.0./s1. The number of halogens is 6. The molecule has 5 saturated heterocycles. The van der Waals surface area contributed by atoms with Crippen LogP contribution in [0.3, 0.4) is 0 Å². The predicted octanol–water partition coefficient (Wildman–Crippen LogP) is 7.18. The van der Waals surface area contributed by atoms with Gasteiger partial charge < -0.3 is 30.3 Å². The van der Waals surface area contributed by atoms with E-state index in [1.807, 2.05) is 9.80 Å². The van der Waals surface area contributed by atoms with E-state index < -0.39 is 40.6 Å². The van der Waals surface area contributed by atoms with Crippen LogP contribution in [0.15, 0.2) is 18.2 Å². The van der Waals surface area contributed by atoms with Crippen LogP contribution >= 0.6 is 11.3 Å². The fourth-order valence-corrected chi connectivity index (χ4v) is 9.03. The number of fused-ring (bicyclic) bond motifs is 4. The summed E-state index contributed by atoms with van der Waals surface area (Å²) in [6.45, 7) is 7.22. The second-order valence-electron chi connectivity index (χ2n) is 14.1. The van der Waals surface area contributed by atoms with Crippen LogP contribution in [0.25, 0.3) is 32.1 Å². The highest BCUT2D eigenvalue weighted by atomic mass is 32.1. The lowest BCUT2D eigenvalue weighted by molar-refractivity contribution is -0.137. The van der Waals surface area contributed by atoms with Crippen molar-refractivity contribution in [2.24, 2.45) is 0 Å². The van der Waals surface area contributed by atoms with Gasteiger partial charge >= 0.3 is 18.2 Å². The molecule has 0 radical (unpaired) electrons. The first-order valence-corrected chi connectivity index (χ1v) is 19.0. The molecule has 7 heterocycles. The third kappa shape index (κ3) is 7.29. The number of amides is 2. The molecule has 2 unspecified atom stereocenters. The van der Waals surface area contributed by atoms with E-state index in [0.717, 1.165) is 57.5 Å². The van der Waals surface area contributed by atoms with Gasteiger partial charge in [-0.2, -0.15) is 28.4 Å². The maximum Gasteiger partial charge on any atom is 0.417 e. The number of rotatable bonds is 5. The number of nitrogens with one attached hydrogen (secondary N) is 1. The third-order valence-electron chi connectivity index (χ3n) is 10.7. The van der Waals surface area contributed by atoms with E-state index >= 15 is 4.39 Å². The number of ether oxygens (including phenoxy) is 2. The average Bonchev–Trinajstić information content (AvgIpc) is 3.95. The van der Waals surface area contributed by atoms with Crippen molar-refractivity contribution in [3.63, 3.8) is 0 Å². The fourth-order valence-electron chi connectivity index (χ4n) is 8.08. The van der Waals surface area contributed by atoms with E-state index in [-0.39, 0.29) is 56.0 Å². The number of alkyl halides is 4. The Kier molecular flexibility index (Phi) is 10.9. The molecule has 0 saturated carbocycles. The zero-order chi connectivity index (χ0) is 39.2. The maximum absolute atomic E-state index is 15.9. The Morgan fingerprint density at radius 1 is 1.09 bits per heavy atom. The molecule has 2 amide bonds. The highest BCUT2D eigenvalue weighted by molar-refractivity contribution is 7.23. The molecule has 0 spiro atoms. The monoisotopic (exact) mass is 790 g/mol. The van der Waals surface area contributed by atoms with Crippen molar-refractivity contribution in [2.75, 3.05) is 64.1 Å². The number of carbonyl (C=O) groups is 1. The molecule has 11 nitrogen and oxygen atoms in total. The van der Waals surface area contributed by atoms with Gasteiger partial charge in [-0.05, 0) is 63.3 Å². The number of anilines is 2. The van der Waals surface area contributed by atoms with Crippen molar-refractivity contribution in [1.29, 1.82) is 5.26 Å². The van der Waals surface area contributed by atoms with Gasteiger partial charge in [0.05, 0.1) is 48.2 Å². The average molecular weight is 791 g/mol. The Hall–Kier alpha value is -4.60. The van der Waals surface area contributed by atoms with Crippen LogP contribution in [0.5, 0.6) is 6.01 Å². The SMILES string of the molecule is CCNc1nc(OC)nc2c(F)c(-c3ccc(F)c4sc(N)c(C#N)c34)c(C(F)(F)F)cc12.FC1CC2CCCN2C1.O=C1N(C2COC2)C[C@@H]2CCCN12. The van der Waals surface area contributed by atoms with Crippen molar-refractivity contribution in [1.82, 2.24) is 24.7 Å². The summed E-state index contributed by atoms with van der Waals surface area (Å²) in [5.41, 5.74) is 2.59. The van der Waals surface area contributed by atoms with Gasteiger partial charge in [0.15, 0.2) is 5.82 Å². The Morgan fingerprint density at radius 3 is 2.47 bits per heavy atom. The molecule has 5 aliphatic heterocycles. The van der Waals surface area contributed by atoms with Gasteiger partial charge in [-0.3, -0.25) is 4.90 Å². The topological polar surface area (TPSA) is 133 Å². The zero-order valence-corrected chi connectivity index (χ0v) is 31.0. The molecule has 294 valence electrons. The van der Waals surface area contributed by atoms with Gasteiger partial charge in [-0.15, -0.1) is 11.3 Å². The minimum absolute atomic E-state index is 0.0444. The molecular formula is C37H40F6N8O3S. The normalized spacial score (nSPS) is 22.2. The number of benzene rings is 2. The lowest BCUT2D eigenvalue weighted by atomic mass is 9.92. The van der Waals surface area contributed by atoms with E-state index in [1.54, 1.807) is 13.0 Å². The number of methoxy groups -OCH3 is 1. The summed E-state index contributed by atoms with van der Waals surface area (Å²) in [5.74, 6) is -2.15. The third-order valence-corrected chi connectivity index (χ3v) is 11.8. The molecule has 2 aromatic carbocycles. The number of carbonyl (C=O) groups excluding carboxylic acids is 1. The number of nitrogen functional groups attached to an aromatic ring is 1. The van der Waals surface area contributed by atoms with Crippen LogP contribution in [0.2, 0.25) is 0 Å². The predicted molar refractivity (Wildman–Crippen MR) is 196 cm³/mol. The largest absolute Gasteiger partial charge is 0.467 e. The number of urea groups is 1. The molecule has 55 heavy (non-hydrogen) atoms. The summed E-state index contributed by atoms with van der Waals surface area (Å²) < 4.78 is 95.3. The molecular weight excluding hydrogens is 751 g/mol. The van der Waals surface area contributed by atoms with Crippen molar-refractivity contribution in [3.8, 4) is 23.2 Å². The number of hydrogen-bond acceptors (Lipinski definition) is 10. The van der Waals surface area contributed by atoms with Crippen LogP contribution in [-0.4, -0.2) is 108 Å². The van der Waals surface area contributed by atoms with Crippen molar-refractivity contribution in [2.45, 2.75) is 69.5 Å². The van der Waals surface area contributed by atoms with Gasteiger partial charge in [0.2, 0.25) is 0 Å². The van der Waals surface area contributed by atoms with Gasteiger partial charge in [-0.25, -0.2) is 18.0 Å². The van der Waals surface area contributed by atoms with E-state index in [0.29, 0.717) is 36.0 Å². The number of hydrogen-bond donors (Lipinski definition) is 2. The molecule has 0 aliphatic carbocycles. The molecule has 5 aliphatic rings. The van der Waals surface area contributed by atoms with Crippen LogP contribution in [0.4, 0.5) is 42.0 Å². The number of thiophene rings is 1. The Bertz CT molecular complexity index is 2130. The lowest BCUT2D eigenvalue weighted by Gasteiger charge is -2.34. The second-order valence-corrected chi connectivity index (χ2v) is 15.1. The first-order valence-electron chi connectivity index (χ1n) is 18.2. The summed E-state index contributed by atoms with van der Waals surface area (Å²) in [7, 11) is 1.23. The van der Waals surface area contributed by atoms with Crippen LogP contribution < -0.4 is 15.8 Å². The summed E-state index contributed by atoms with van der Waals surface area (Å²) in [6, 6.07) is 5.88. The van der Waals surface area contributed by atoms with Crippen molar-refractivity contribution in [3.05, 3.63) is 41.0 Å². The van der Waals surface area contributed by atoms with Crippen molar-refractivity contribution >= 4 is 49.2 Å². The molecule has 5 fully saturated rings. The fraction of sp³-hybridized carbons (Fsp3) is 0.514. The minimum atomic E-state index is -5.00. The van der Waals surface area contributed by atoms with E-state index in [4.69, 9.17) is 15.2 Å². The molecule has 3 atom stereocenters. The smallest absolute Gasteiger partial charge is 0.417 e. The number of nitriles is 1. The minimum Gasteiger partial charge on any atom is -0.467 e. The summed E-state index contributed by atoms with van der Waals surface area (Å²) >= 11 is 0.698. The second kappa shape index (κ2) is 15.5. The Morgan fingerprint density at radius 2 is 1.84 bits per heavy atom. The number of nitrogens with zero attached hydrogens (tertiary/aromatic N) is 6. The molecule has 18 heteroatoms. The Labute approximate surface area is 317 Å². The Balaban J connectivity index is 0.000000169. The van der Waals surface area contributed by atoms with Crippen molar-refractivity contribution < 1.29 is 40.6 Å². The molecule has 2 aromatic heterocycles. The molecule has 3 N–H and O–H groups in total. The number of nitrogens with two attached hydrogens (primary N) is 1. The molecule has 9 rings (SSSR count). The quantitative estimate of drug-likeness (QED) is 0.202. The van der Waals surface area contributed by atoms with E-state index in [1.165, 1.54) is 32.8 Å². The maximum atomic E-state index is 15.9. The van der Waals surface area contributed by atoms with Crippen LogP contribution in [0, 0.1) is 23.0 Å². The van der Waals surface area contributed by atoms with Gasteiger partial charge in [0.1, 0.15) is 34.4 Å².